The minimum absolute atomic E-state index is 0.0126. The molecular weight excluding hydrogens is 226 g/mol. The van der Waals surface area contributed by atoms with Crippen LogP contribution in [-0.4, -0.2) is 12.9 Å². The number of Topliss-reactive ketones (excluding diaryl/α,β-unsaturated/α-hetero) is 1. The number of rotatable bonds is 3. The standard InChI is InChI=1S/C10H9ClF2O2/c1-5(14)8-6(11)3-4-7(15-2)9(8)10(12)13/h3-4,10H,1-2H3. The van der Waals surface area contributed by atoms with Gasteiger partial charge in [0.1, 0.15) is 5.75 Å². The Morgan fingerprint density at radius 1 is 1.47 bits per heavy atom. The minimum Gasteiger partial charge on any atom is -0.496 e. The second-order valence-corrected chi connectivity index (χ2v) is 3.30. The van der Waals surface area contributed by atoms with Crippen LogP contribution in [0, 0.1) is 0 Å². The van der Waals surface area contributed by atoms with E-state index in [0.717, 1.165) is 0 Å². The highest BCUT2D eigenvalue weighted by atomic mass is 35.5. The summed E-state index contributed by atoms with van der Waals surface area (Å²) in [6.45, 7) is 1.19. The molecule has 0 saturated carbocycles. The van der Waals surface area contributed by atoms with Gasteiger partial charge < -0.3 is 4.74 Å². The lowest BCUT2D eigenvalue weighted by Gasteiger charge is -2.12. The van der Waals surface area contributed by atoms with Gasteiger partial charge in [0.25, 0.3) is 6.43 Å². The average molecular weight is 235 g/mol. The van der Waals surface area contributed by atoms with Crippen LogP contribution in [0.15, 0.2) is 12.1 Å². The van der Waals surface area contributed by atoms with E-state index in [4.69, 9.17) is 16.3 Å². The van der Waals surface area contributed by atoms with E-state index in [2.05, 4.69) is 0 Å². The Bertz CT molecular complexity index is 391. The molecule has 15 heavy (non-hydrogen) atoms. The van der Waals surface area contributed by atoms with Gasteiger partial charge in [-0.3, -0.25) is 4.79 Å². The molecule has 0 saturated heterocycles. The number of carbonyl (C=O) groups excluding carboxylic acids is 1. The first kappa shape index (κ1) is 11.9. The Balaban J connectivity index is 3.51. The van der Waals surface area contributed by atoms with Crippen LogP contribution in [0.4, 0.5) is 8.78 Å². The van der Waals surface area contributed by atoms with E-state index in [1.807, 2.05) is 0 Å². The molecule has 1 aromatic rings. The summed E-state index contributed by atoms with van der Waals surface area (Å²) >= 11 is 5.69. The van der Waals surface area contributed by atoms with E-state index in [-0.39, 0.29) is 16.3 Å². The van der Waals surface area contributed by atoms with Crippen LogP contribution < -0.4 is 4.74 Å². The number of carbonyl (C=O) groups is 1. The Kier molecular flexibility index (Phi) is 3.63. The molecule has 82 valence electrons. The van der Waals surface area contributed by atoms with Crippen molar-refractivity contribution in [3.05, 3.63) is 28.3 Å². The maximum absolute atomic E-state index is 12.7. The van der Waals surface area contributed by atoms with E-state index in [1.54, 1.807) is 0 Å². The van der Waals surface area contributed by atoms with Gasteiger partial charge in [0, 0.05) is 5.56 Å². The van der Waals surface area contributed by atoms with Gasteiger partial charge in [-0.05, 0) is 19.1 Å². The first-order chi connectivity index (χ1) is 6.99. The molecule has 0 heterocycles. The van der Waals surface area contributed by atoms with Crippen molar-refractivity contribution in [2.24, 2.45) is 0 Å². The van der Waals surface area contributed by atoms with Crippen LogP contribution in [0.5, 0.6) is 5.75 Å². The second kappa shape index (κ2) is 4.57. The van der Waals surface area contributed by atoms with Gasteiger partial charge in [0.2, 0.25) is 0 Å². The predicted octanol–water partition coefficient (Wildman–Crippen LogP) is 3.49. The van der Waals surface area contributed by atoms with Crippen LogP contribution in [0.3, 0.4) is 0 Å². The molecule has 2 nitrogen and oxygen atoms in total. The molecule has 1 rings (SSSR count). The van der Waals surface area contributed by atoms with Gasteiger partial charge in [-0.25, -0.2) is 8.78 Å². The van der Waals surface area contributed by atoms with Crippen LogP contribution in [-0.2, 0) is 0 Å². The summed E-state index contributed by atoms with van der Waals surface area (Å²) in [7, 11) is 1.26. The minimum atomic E-state index is -2.79. The fraction of sp³-hybridized carbons (Fsp3) is 0.300. The number of methoxy groups -OCH3 is 1. The Hall–Kier alpha value is -1.16. The number of halogens is 3. The van der Waals surface area contributed by atoms with Crippen molar-refractivity contribution in [3.63, 3.8) is 0 Å². The van der Waals surface area contributed by atoms with E-state index in [0.29, 0.717) is 0 Å². The summed E-state index contributed by atoms with van der Waals surface area (Å²) in [4.78, 5) is 11.2. The molecule has 0 bridgehead atoms. The van der Waals surface area contributed by atoms with Gasteiger partial charge >= 0.3 is 0 Å². The summed E-state index contributed by atoms with van der Waals surface area (Å²) in [5.41, 5.74) is -0.622. The lowest BCUT2D eigenvalue weighted by atomic mass is 10.0. The van der Waals surface area contributed by atoms with Gasteiger partial charge in [-0.15, -0.1) is 0 Å². The maximum atomic E-state index is 12.7. The van der Waals surface area contributed by atoms with Gasteiger partial charge in [0.05, 0.1) is 17.7 Å². The van der Waals surface area contributed by atoms with Crippen LogP contribution in [0.2, 0.25) is 5.02 Å². The molecule has 0 unspecified atom stereocenters. The van der Waals surface area contributed by atoms with Crippen LogP contribution >= 0.6 is 11.6 Å². The summed E-state index contributed by atoms with van der Waals surface area (Å²) < 4.78 is 30.2. The smallest absolute Gasteiger partial charge is 0.268 e. The highest BCUT2D eigenvalue weighted by Gasteiger charge is 2.23. The Morgan fingerprint density at radius 3 is 2.47 bits per heavy atom. The van der Waals surface area contributed by atoms with Crippen molar-refractivity contribution >= 4 is 17.4 Å². The Labute approximate surface area is 90.8 Å². The molecule has 1 aromatic carbocycles. The number of alkyl halides is 2. The van der Waals surface area contributed by atoms with Gasteiger partial charge in [-0.2, -0.15) is 0 Å². The summed E-state index contributed by atoms with van der Waals surface area (Å²) in [6.07, 6.45) is -2.79. The van der Waals surface area contributed by atoms with Crippen molar-refractivity contribution in [1.29, 1.82) is 0 Å². The topological polar surface area (TPSA) is 26.3 Å². The van der Waals surface area contributed by atoms with Crippen molar-refractivity contribution < 1.29 is 18.3 Å². The molecule has 0 aliphatic rings. The maximum Gasteiger partial charge on any atom is 0.268 e. The fourth-order valence-electron chi connectivity index (χ4n) is 1.33. The zero-order chi connectivity index (χ0) is 11.6. The summed E-state index contributed by atoms with van der Waals surface area (Å²) in [5, 5.41) is 0.0126. The van der Waals surface area contributed by atoms with Crippen molar-refractivity contribution in [3.8, 4) is 5.75 Å². The van der Waals surface area contributed by atoms with Gasteiger partial charge in [-0.1, -0.05) is 11.6 Å². The van der Waals surface area contributed by atoms with E-state index >= 15 is 0 Å². The van der Waals surface area contributed by atoms with Crippen LogP contribution in [0.1, 0.15) is 29.3 Å². The van der Waals surface area contributed by atoms with Crippen molar-refractivity contribution in [2.75, 3.05) is 7.11 Å². The number of hydrogen-bond donors (Lipinski definition) is 0. The number of hydrogen-bond acceptors (Lipinski definition) is 2. The Morgan fingerprint density at radius 2 is 2.07 bits per heavy atom. The molecule has 0 N–H and O–H groups in total. The summed E-state index contributed by atoms with van der Waals surface area (Å²) in [5.74, 6) is -0.534. The number of ketones is 1. The van der Waals surface area contributed by atoms with E-state index in [9.17, 15) is 13.6 Å². The lowest BCUT2D eigenvalue weighted by Crippen LogP contribution is -2.04. The molecule has 0 spiro atoms. The third-order valence-electron chi connectivity index (χ3n) is 1.94. The number of benzene rings is 1. The average Bonchev–Trinajstić information content (AvgIpc) is 2.16. The fourth-order valence-corrected chi connectivity index (χ4v) is 1.62. The highest BCUT2D eigenvalue weighted by Crippen LogP contribution is 2.36. The molecule has 0 amide bonds. The molecule has 0 fully saturated rings. The zero-order valence-electron chi connectivity index (χ0n) is 8.18. The molecule has 0 atom stereocenters. The first-order valence-electron chi connectivity index (χ1n) is 4.14. The lowest BCUT2D eigenvalue weighted by molar-refractivity contribution is 0.0996. The third kappa shape index (κ3) is 2.26. The van der Waals surface area contributed by atoms with E-state index < -0.39 is 17.8 Å². The largest absolute Gasteiger partial charge is 0.496 e. The summed E-state index contributed by atoms with van der Waals surface area (Å²) in [6, 6.07) is 2.68. The molecule has 0 aliphatic heterocycles. The molecule has 0 aliphatic carbocycles. The third-order valence-corrected chi connectivity index (χ3v) is 2.26. The first-order valence-corrected chi connectivity index (χ1v) is 4.52. The highest BCUT2D eigenvalue weighted by molar-refractivity contribution is 6.34. The molecule has 0 aromatic heterocycles. The monoisotopic (exact) mass is 234 g/mol. The molecule has 5 heteroatoms. The number of ether oxygens (including phenoxy) is 1. The zero-order valence-corrected chi connectivity index (χ0v) is 8.94. The predicted molar refractivity (Wildman–Crippen MR) is 53.0 cm³/mol. The van der Waals surface area contributed by atoms with Crippen LogP contribution in [0.25, 0.3) is 0 Å². The SMILES string of the molecule is COc1ccc(Cl)c(C(C)=O)c1C(F)F. The van der Waals surface area contributed by atoms with Crippen molar-refractivity contribution in [1.82, 2.24) is 0 Å². The quantitative estimate of drug-likeness (QED) is 0.749. The van der Waals surface area contributed by atoms with Crippen molar-refractivity contribution in [2.45, 2.75) is 13.3 Å². The normalized spacial score (nSPS) is 10.5. The molecular formula is C10H9ClF2O2. The van der Waals surface area contributed by atoms with Gasteiger partial charge in [0.15, 0.2) is 5.78 Å². The second-order valence-electron chi connectivity index (χ2n) is 2.90. The van der Waals surface area contributed by atoms with E-state index in [1.165, 1.54) is 26.2 Å². The molecule has 0 radical (unpaired) electrons.